The summed E-state index contributed by atoms with van der Waals surface area (Å²) in [5.41, 5.74) is -0.595. The van der Waals surface area contributed by atoms with Gasteiger partial charge in [0.15, 0.2) is 0 Å². The molecule has 0 aromatic carbocycles. The average Bonchev–Trinajstić information content (AvgIpc) is 2.34. The molecule has 0 spiro atoms. The summed E-state index contributed by atoms with van der Waals surface area (Å²) in [7, 11) is 0. The molecule has 12 heavy (non-hydrogen) atoms. The maximum absolute atomic E-state index is 12.0. The summed E-state index contributed by atoms with van der Waals surface area (Å²) >= 11 is 0. The number of rotatable bonds is 2. The minimum Gasteiger partial charge on any atom is -0.445 e. The Morgan fingerprint density at radius 2 is 2.00 bits per heavy atom. The molecule has 1 aliphatic rings. The smallest absolute Gasteiger partial charge is 0.445 e. The van der Waals surface area contributed by atoms with Crippen LogP contribution in [0.15, 0.2) is 12.1 Å². The maximum Gasteiger partial charge on any atom is 1.00 e. The molecule has 1 saturated heterocycles. The zero-order valence-electron chi connectivity index (χ0n) is 7.03. The van der Waals surface area contributed by atoms with Gasteiger partial charge in [0.05, 0.1) is 6.61 Å². The Morgan fingerprint density at radius 3 is 2.33 bits per heavy atom. The monoisotopic (exact) mass is 204 g/mol. The van der Waals surface area contributed by atoms with E-state index < -0.39 is 18.4 Å². The summed E-state index contributed by atoms with van der Waals surface area (Å²) in [4.78, 5) is 0. The molecule has 1 aliphatic heterocycles. The van der Waals surface area contributed by atoms with Crippen molar-refractivity contribution < 1.29 is 69.1 Å². The Labute approximate surface area is 112 Å². The van der Waals surface area contributed by atoms with Gasteiger partial charge in [-0.3, -0.25) is 0 Å². The predicted octanol–water partition coefficient (Wildman–Crippen LogP) is -1.03. The number of hydrogen-bond donors (Lipinski definition) is 0. The molecule has 0 radical (unpaired) electrons. The first-order chi connectivity index (χ1) is 5.02. The van der Waals surface area contributed by atoms with E-state index in [2.05, 4.69) is 6.58 Å². The summed E-state index contributed by atoms with van der Waals surface area (Å²) < 4.78 is 40.8. The summed E-state index contributed by atoms with van der Waals surface area (Å²) in [6.45, 7) is -1.22. The van der Waals surface area contributed by atoms with E-state index in [1.54, 1.807) is 0 Å². The third-order valence-electron chi connectivity index (χ3n) is 1.87. The normalized spacial score (nSPS) is 23.4. The fourth-order valence-electron chi connectivity index (χ4n) is 1.09. The Bertz CT molecular complexity index is 165. The molecule has 0 bridgehead atoms. The molecule has 1 heterocycles. The predicted molar refractivity (Wildman–Crippen MR) is 37.1 cm³/mol. The molecule has 1 unspecified atom stereocenters. The number of ether oxygens (including phenoxy) is 1. The van der Waals surface area contributed by atoms with Crippen LogP contribution in [0.4, 0.5) is 12.9 Å². The van der Waals surface area contributed by atoms with E-state index >= 15 is 0 Å². The first-order valence-electron chi connectivity index (χ1n) is 3.48. The molecule has 1 atom stereocenters. The quantitative estimate of drug-likeness (QED) is 0.522. The molecule has 0 amide bonds. The summed E-state index contributed by atoms with van der Waals surface area (Å²) in [5.74, 6) is -0.491. The van der Waals surface area contributed by atoms with Crippen molar-refractivity contribution in [1.82, 2.24) is 0 Å². The molecular weight excluding hydrogens is 195 g/mol. The summed E-state index contributed by atoms with van der Waals surface area (Å²) in [6, 6.07) is 0. The van der Waals surface area contributed by atoms with Crippen LogP contribution in [-0.4, -0.2) is 20.2 Å². The van der Waals surface area contributed by atoms with Gasteiger partial charge in [-0.2, -0.15) is 0 Å². The van der Waals surface area contributed by atoms with Crippen LogP contribution < -0.4 is 51.4 Å². The van der Waals surface area contributed by atoms with E-state index in [9.17, 15) is 12.9 Å². The van der Waals surface area contributed by atoms with Gasteiger partial charge in [0.2, 0.25) is 0 Å². The minimum atomic E-state index is -4.86. The van der Waals surface area contributed by atoms with Gasteiger partial charge >= 0.3 is 58.4 Å². The van der Waals surface area contributed by atoms with Crippen LogP contribution in [0.2, 0.25) is 0 Å². The van der Waals surface area contributed by atoms with Crippen molar-refractivity contribution in [2.24, 2.45) is 5.92 Å². The molecule has 1 fully saturated rings. The first kappa shape index (κ1) is 13.2. The van der Waals surface area contributed by atoms with Gasteiger partial charge in [-0.15, -0.1) is 12.1 Å². The molecule has 64 valence electrons. The molecule has 0 aliphatic carbocycles. The molecule has 0 aromatic rings. The molecule has 1 rings (SSSR count). The van der Waals surface area contributed by atoms with Crippen LogP contribution in [-0.2, 0) is 4.74 Å². The van der Waals surface area contributed by atoms with Crippen LogP contribution in [0.1, 0.15) is 6.42 Å². The maximum atomic E-state index is 12.0. The summed E-state index contributed by atoms with van der Waals surface area (Å²) in [5, 5.41) is 0. The standard InChI is InChI=1S/C6H9BF3O.K/c1-5(7(8,9)10)6-2-3-11-4-6;/h6H,1-4H2;/q-1;+1. The fourth-order valence-corrected chi connectivity index (χ4v) is 1.09. The van der Waals surface area contributed by atoms with Gasteiger partial charge in [-0.05, 0) is 12.3 Å². The topological polar surface area (TPSA) is 9.23 Å². The van der Waals surface area contributed by atoms with Gasteiger partial charge < -0.3 is 17.7 Å². The van der Waals surface area contributed by atoms with Crippen molar-refractivity contribution in [3.05, 3.63) is 12.1 Å². The first-order valence-corrected chi connectivity index (χ1v) is 3.48. The van der Waals surface area contributed by atoms with Gasteiger partial charge in [0, 0.05) is 6.61 Å². The Morgan fingerprint density at radius 1 is 1.42 bits per heavy atom. The van der Waals surface area contributed by atoms with Crippen LogP contribution in [0.25, 0.3) is 0 Å². The van der Waals surface area contributed by atoms with E-state index in [0.29, 0.717) is 13.0 Å². The van der Waals surface area contributed by atoms with Crippen molar-refractivity contribution in [2.45, 2.75) is 6.42 Å². The van der Waals surface area contributed by atoms with E-state index in [1.165, 1.54) is 0 Å². The van der Waals surface area contributed by atoms with Gasteiger partial charge in [-0.25, -0.2) is 0 Å². The van der Waals surface area contributed by atoms with E-state index in [1.807, 2.05) is 0 Å². The molecule has 0 aromatic heterocycles. The average molecular weight is 204 g/mol. The number of halogens is 3. The largest absolute Gasteiger partial charge is 1.00 e. The number of hydrogen-bond acceptors (Lipinski definition) is 1. The van der Waals surface area contributed by atoms with Crippen molar-refractivity contribution >= 4 is 6.98 Å². The summed E-state index contributed by atoms with van der Waals surface area (Å²) in [6.07, 6.45) is 0.458. The molecule has 6 heteroatoms. The minimum absolute atomic E-state index is 0. The molecule has 0 N–H and O–H groups in total. The Balaban J connectivity index is 0.00000121. The molecular formula is C6H9BF3KO. The second-order valence-corrected chi connectivity index (χ2v) is 2.71. The van der Waals surface area contributed by atoms with E-state index in [0.717, 1.165) is 0 Å². The third-order valence-corrected chi connectivity index (χ3v) is 1.87. The van der Waals surface area contributed by atoms with Crippen LogP contribution in [0.3, 0.4) is 0 Å². The van der Waals surface area contributed by atoms with Crippen molar-refractivity contribution in [1.29, 1.82) is 0 Å². The second-order valence-electron chi connectivity index (χ2n) is 2.71. The molecule has 1 nitrogen and oxygen atoms in total. The van der Waals surface area contributed by atoms with Gasteiger partial charge in [-0.1, -0.05) is 0 Å². The fraction of sp³-hybridized carbons (Fsp3) is 0.667. The molecule has 0 saturated carbocycles. The van der Waals surface area contributed by atoms with E-state index in [-0.39, 0.29) is 58.0 Å². The van der Waals surface area contributed by atoms with Crippen LogP contribution >= 0.6 is 0 Å². The van der Waals surface area contributed by atoms with Gasteiger partial charge in [0.1, 0.15) is 0 Å². The van der Waals surface area contributed by atoms with Crippen LogP contribution in [0, 0.1) is 5.92 Å². The van der Waals surface area contributed by atoms with Crippen molar-refractivity contribution in [3.8, 4) is 0 Å². The van der Waals surface area contributed by atoms with Crippen LogP contribution in [0.5, 0.6) is 0 Å². The zero-order valence-corrected chi connectivity index (χ0v) is 10.1. The Hall–Kier alpha value is 1.19. The Kier molecular flexibility index (Phi) is 5.68. The van der Waals surface area contributed by atoms with Crippen molar-refractivity contribution in [3.63, 3.8) is 0 Å². The third kappa shape index (κ3) is 3.51. The second kappa shape index (κ2) is 5.17. The SMILES string of the molecule is C=C(C1CCOC1)[B-](F)(F)F.[K+]. The zero-order chi connectivity index (χ0) is 8.48. The van der Waals surface area contributed by atoms with Crippen molar-refractivity contribution in [2.75, 3.05) is 13.2 Å². The van der Waals surface area contributed by atoms with Gasteiger partial charge in [0.25, 0.3) is 0 Å². The van der Waals surface area contributed by atoms with E-state index in [4.69, 9.17) is 4.74 Å².